The first kappa shape index (κ1) is 18.9. The summed E-state index contributed by atoms with van der Waals surface area (Å²) in [5, 5.41) is 3.87. The van der Waals surface area contributed by atoms with Crippen LogP contribution in [0.15, 0.2) is 22.8 Å². The van der Waals surface area contributed by atoms with Crippen LogP contribution in [0.5, 0.6) is 0 Å². The normalized spacial score (nSPS) is 13.0. The van der Waals surface area contributed by atoms with Crippen LogP contribution in [0.4, 0.5) is 13.2 Å². The number of aromatic nitrogens is 3. The second kappa shape index (κ2) is 7.89. The fraction of sp³-hybridized carbons (Fsp3) is 0.500. The molecule has 2 N–H and O–H groups in total. The van der Waals surface area contributed by atoms with Gasteiger partial charge in [0.1, 0.15) is 12.4 Å². The lowest BCUT2D eigenvalue weighted by Crippen LogP contribution is -2.24. The molecule has 0 unspecified atom stereocenters. The molecule has 0 bridgehead atoms. The van der Waals surface area contributed by atoms with Crippen LogP contribution in [0.2, 0.25) is 0 Å². The van der Waals surface area contributed by atoms with Crippen LogP contribution in [0.3, 0.4) is 0 Å². The van der Waals surface area contributed by atoms with Crippen molar-refractivity contribution in [3.63, 3.8) is 0 Å². The first-order valence-corrected chi connectivity index (χ1v) is 7.60. The SMILES string of the molecule is CSCC[C@H](N)c1nc(-c2ccco2)nn1CC(F)(F)F.Cl. The average Bonchev–Trinajstić information content (AvgIpc) is 3.02. The van der Waals surface area contributed by atoms with Crippen molar-refractivity contribution in [3.8, 4) is 11.6 Å². The van der Waals surface area contributed by atoms with Crippen LogP contribution in [0, 0.1) is 0 Å². The number of nitrogens with zero attached hydrogens (tertiary/aromatic N) is 3. The molecule has 2 heterocycles. The maximum atomic E-state index is 12.6. The van der Waals surface area contributed by atoms with Crippen LogP contribution in [-0.2, 0) is 6.54 Å². The summed E-state index contributed by atoms with van der Waals surface area (Å²) < 4.78 is 43.8. The van der Waals surface area contributed by atoms with Crippen molar-refractivity contribution < 1.29 is 17.6 Å². The van der Waals surface area contributed by atoms with E-state index in [2.05, 4.69) is 10.1 Å². The van der Waals surface area contributed by atoms with E-state index in [0.29, 0.717) is 12.2 Å². The minimum Gasteiger partial charge on any atom is -0.461 e. The Morgan fingerprint density at radius 1 is 1.45 bits per heavy atom. The summed E-state index contributed by atoms with van der Waals surface area (Å²) in [6, 6.07) is 2.61. The molecular weight excluding hydrogens is 341 g/mol. The summed E-state index contributed by atoms with van der Waals surface area (Å²) in [7, 11) is 0. The highest BCUT2D eigenvalue weighted by molar-refractivity contribution is 7.98. The number of halogens is 4. The molecule has 22 heavy (non-hydrogen) atoms. The quantitative estimate of drug-likeness (QED) is 0.860. The smallest absolute Gasteiger partial charge is 0.408 e. The Morgan fingerprint density at radius 2 is 2.18 bits per heavy atom. The molecule has 0 aromatic carbocycles. The van der Waals surface area contributed by atoms with E-state index >= 15 is 0 Å². The number of hydrogen-bond acceptors (Lipinski definition) is 5. The lowest BCUT2D eigenvalue weighted by Gasteiger charge is -2.13. The summed E-state index contributed by atoms with van der Waals surface area (Å²) in [4.78, 5) is 4.11. The average molecular weight is 357 g/mol. The Hall–Kier alpha value is -1.19. The first-order valence-electron chi connectivity index (χ1n) is 6.20. The van der Waals surface area contributed by atoms with Gasteiger partial charge < -0.3 is 10.2 Å². The molecule has 0 aliphatic carbocycles. The van der Waals surface area contributed by atoms with E-state index in [1.807, 2.05) is 6.26 Å². The standard InChI is InChI=1S/C12H15F3N4OS.ClH/c1-21-6-4-8(16)11-17-10(9-3-2-5-20-9)18-19(11)7-12(13,14)15;/h2-3,5,8H,4,6-7,16H2,1H3;1H/t8-;/m0./s1. The zero-order valence-electron chi connectivity index (χ0n) is 11.7. The monoisotopic (exact) mass is 356 g/mol. The highest BCUT2D eigenvalue weighted by atomic mass is 35.5. The van der Waals surface area contributed by atoms with Gasteiger partial charge >= 0.3 is 6.18 Å². The Labute approximate surface area is 135 Å². The van der Waals surface area contributed by atoms with Crippen molar-refractivity contribution in [2.45, 2.75) is 25.2 Å². The Kier molecular flexibility index (Phi) is 6.76. The van der Waals surface area contributed by atoms with Crippen molar-refractivity contribution in [2.75, 3.05) is 12.0 Å². The van der Waals surface area contributed by atoms with Crippen LogP contribution >= 0.6 is 24.2 Å². The third-order valence-electron chi connectivity index (χ3n) is 2.74. The van der Waals surface area contributed by atoms with Crippen LogP contribution in [0.1, 0.15) is 18.3 Å². The van der Waals surface area contributed by atoms with E-state index in [4.69, 9.17) is 10.2 Å². The Bertz CT molecular complexity index is 573. The summed E-state index contributed by atoms with van der Waals surface area (Å²) in [5.74, 6) is 1.27. The molecule has 5 nitrogen and oxygen atoms in total. The third-order valence-corrected chi connectivity index (χ3v) is 3.38. The molecule has 0 aliphatic heterocycles. The summed E-state index contributed by atoms with van der Waals surface area (Å²) in [6.07, 6.45) is -0.550. The Morgan fingerprint density at radius 3 is 2.73 bits per heavy atom. The highest BCUT2D eigenvalue weighted by Gasteiger charge is 2.31. The number of rotatable bonds is 6. The van der Waals surface area contributed by atoms with Gasteiger partial charge in [0.25, 0.3) is 0 Å². The van der Waals surface area contributed by atoms with Gasteiger partial charge in [-0.2, -0.15) is 24.9 Å². The number of hydrogen-bond donors (Lipinski definition) is 1. The maximum absolute atomic E-state index is 12.6. The zero-order chi connectivity index (χ0) is 15.5. The summed E-state index contributed by atoms with van der Waals surface area (Å²) >= 11 is 1.57. The van der Waals surface area contributed by atoms with Crippen molar-refractivity contribution in [2.24, 2.45) is 5.73 Å². The molecular formula is C12H16ClF3N4OS. The Balaban J connectivity index is 0.00000242. The largest absolute Gasteiger partial charge is 0.461 e. The molecule has 1 atom stereocenters. The lowest BCUT2D eigenvalue weighted by atomic mass is 10.2. The predicted octanol–water partition coefficient (Wildman–Crippen LogP) is 3.28. The van der Waals surface area contributed by atoms with Gasteiger partial charge in [0.2, 0.25) is 5.82 Å². The second-order valence-corrected chi connectivity index (χ2v) is 5.42. The molecule has 10 heteroatoms. The topological polar surface area (TPSA) is 69.9 Å². The van der Waals surface area contributed by atoms with Gasteiger partial charge in [-0.05, 0) is 30.6 Å². The van der Waals surface area contributed by atoms with Gasteiger partial charge in [-0.15, -0.1) is 17.5 Å². The maximum Gasteiger partial charge on any atom is 0.408 e. The first-order chi connectivity index (χ1) is 9.90. The molecule has 2 aromatic heterocycles. The van der Waals surface area contributed by atoms with E-state index < -0.39 is 18.8 Å². The molecule has 0 amide bonds. The number of nitrogens with two attached hydrogens (primary N) is 1. The van der Waals surface area contributed by atoms with Gasteiger partial charge in [-0.25, -0.2) is 9.67 Å². The van der Waals surface area contributed by atoms with Crippen molar-refractivity contribution in [1.29, 1.82) is 0 Å². The van der Waals surface area contributed by atoms with Gasteiger partial charge in [0.05, 0.1) is 12.3 Å². The minimum absolute atomic E-state index is 0. The summed E-state index contributed by atoms with van der Waals surface area (Å²) in [5.41, 5.74) is 5.93. The predicted molar refractivity (Wildman–Crippen MR) is 81.0 cm³/mol. The second-order valence-electron chi connectivity index (χ2n) is 4.43. The van der Waals surface area contributed by atoms with Gasteiger partial charge in [0.15, 0.2) is 5.76 Å². The molecule has 0 saturated heterocycles. The number of alkyl halides is 3. The van der Waals surface area contributed by atoms with Crippen molar-refractivity contribution >= 4 is 24.2 Å². The third kappa shape index (κ3) is 4.92. The fourth-order valence-corrected chi connectivity index (χ4v) is 2.29. The molecule has 2 aromatic rings. The van der Waals surface area contributed by atoms with E-state index in [0.717, 1.165) is 10.4 Å². The highest BCUT2D eigenvalue weighted by Crippen LogP contribution is 2.24. The molecule has 0 saturated carbocycles. The number of furan rings is 1. The molecule has 0 fully saturated rings. The van der Waals surface area contributed by atoms with E-state index in [-0.39, 0.29) is 24.1 Å². The minimum atomic E-state index is -4.39. The van der Waals surface area contributed by atoms with E-state index in [9.17, 15) is 13.2 Å². The van der Waals surface area contributed by atoms with Gasteiger partial charge in [-0.3, -0.25) is 0 Å². The summed E-state index contributed by atoms with van der Waals surface area (Å²) in [6.45, 7) is -1.22. The van der Waals surface area contributed by atoms with Crippen LogP contribution in [-0.4, -0.2) is 32.9 Å². The zero-order valence-corrected chi connectivity index (χ0v) is 13.3. The fourth-order valence-electron chi connectivity index (χ4n) is 1.80. The molecule has 2 rings (SSSR count). The van der Waals surface area contributed by atoms with E-state index in [1.165, 1.54) is 6.26 Å². The van der Waals surface area contributed by atoms with E-state index in [1.54, 1.807) is 23.9 Å². The molecule has 124 valence electrons. The molecule has 0 radical (unpaired) electrons. The number of thioether (sulfide) groups is 1. The van der Waals surface area contributed by atoms with Gasteiger partial charge in [0, 0.05) is 0 Å². The molecule has 0 aliphatic rings. The van der Waals surface area contributed by atoms with Crippen LogP contribution in [0.25, 0.3) is 11.6 Å². The van der Waals surface area contributed by atoms with Crippen LogP contribution < -0.4 is 5.73 Å². The lowest BCUT2D eigenvalue weighted by molar-refractivity contribution is -0.143. The molecule has 0 spiro atoms. The van der Waals surface area contributed by atoms with Gasteiger partial charge in [-0.1, -0.05) is 0 Å². The van der Waals surface area contributed by atoms with Crippen molar-refractivity contribution in [3.05, 3.63) is 24.2 Å². The van der Waals surface area contributed by atoms with Crippen molar-refractivity contribution in [1.82, 2.24) is 14.8 Å².